The standard InChI is InChI=1S/C20H23N3O3/c24-18(23-15-7-4-5-8-15)12-14-21-19(25)17-11-6-13-22-20(17)26-16-9-2-1-3-10-16/h1-3,6,9-11,13,15H,4-5,7-8,12,14H2,(H,21,25)(H,23,24). The van der Waals surface area contributed by atoms with Gasteiger partial charge in [-0.05, 0) is 37.1 Å². The molecule has 2 aromatic rings. The number of pyridine rings is 1. The fraction of sp³-hybridized carbons (Fsp3) is 0.350. The Bertz CT molecular complexity index is 743. The Balaban J connectivity index is 1.52. The zero-order valence-electron chi connectivity index (χ0n) is 14.6. The number of hydrogen-bond acceptors (Lipinski definition) is 4. The summed E-state index contributed by atoms with van der Waals surface area (Å²) in [5.74, 6) is 0.518. The summed E-state index contributed by atoms with van der Waals surface area (Å²) >= 11 is 0. The number of aromatic nitrogens is 1. The molecule has 3 rings (SSSR count). The lowest BCUT2D eigenvalue weighted by molar-refractivity contribution is -0.121. The highest BCUT2D eigenvalue weighted by atomic mass is 16.5. The summed E-state index contributed by atoms with van der Waals surface area (Å²) in [6.45, 7) is 0.275. The van der Waals surface area contributed by atoms with Crippen LogP contribution in [0.1, 0.15) is 42.5 Å². The molecule has 0 radical (unpaired) electrons. The van der Waals surface area contributed by atoms with Gasteiger partial charge in [-0.3, -0.25) is 9.59 Å². The molecule has 1 aliphatic rings. The van der Waals surface area contributed by atoms with Gasteiger partial charge >= 0.3 is 0 Å². The maximum Gasteiger partial charge on any atom is 0.256 e. The summed E-state index contributed by atoms with van der Waals surface area (Å²) in [5, 5.41) is 5.77. The van der Waals surface area contributed by atoms with E-state index in [0.29, 0.717) is 17.4 Å². The minimum absolute atomic E-state index is 0.0239. The van der Waals surface area contributed by atoms with Crippen LogP contribution in [0.15, 0.2) is 48.7 Å². The third-order valence-corrected chi connectivity index (χ3v) is 4.33. The van der Waals surface area contributed by atoms with Crippen molar-refractivity contribution >= 4 is 11.8 Å². The third kappa shape index (κ3) is 5.05. The summed E-state index contributed by atoms with van der Waals surface area (Å²) in [7, 11) is 0. The molecule has 1 fully saturated rings. The molecule has 0 saturated heterocycles. The van der Waals surface area contributed by atoms with Gasteiger partial charge in [0.1, 0.15) is 11.3 Å². The first-order chi connectivity index (χ1) is 12.7. The molecule has 6 heteroatoms. The Labute approximate surface area is 153 Å². The number of hydrogen-bond donors (Lipinski definition) is 2. The molecule has 1 aromatic heterocycles. The Morgan fingerprint density at radius 3 is 2.62 bits per heavy atom. The lowest BCUT2D eigenvalue weighted by Crippen LogP contribution is -2.35. The van der Waals surface area contributed by atoms with Crippen LogP contribution in [-0.4, -0.2) is 29.4 Å². The molecule has 1 heterocycles. The van der Waals surface area contributed by atoms with Gasteiger partial charge in [0.25, 0.3) is 5.91 Å². The molecule has 6 nitrogen and oxygen atoms in total. The van der Waals surface area contributed by atoms with Crippen molar-refractivity contribution in [2.24, 2.45) is 0 Å². The number of carbonyl (C=O) groups excluding carboxylic acids is 2. The predicted molar refractivity (Wildman–Crippen MR) is 98.1 cm³/mol. The second-order valence-electron chi connectivity index (χ2n) is 6.33. The van der Waals surface area contributed by atoms with Gasteiger partial charge in [0.05, 0.1) is 0 Å². The molecular weight excluding hydrogens is 330 g/mol. The minimum atomic E-state index is -0.308. The molecule has 1 aliphatic carbocycles. The van der Waals surface area contributed by atoms with Crippen LogP contribution < -0.4 is 15.4 Å². The number of benzene rings is 1. The zero-order valence-corrected chi connectivity index (χ0v) is 14.6. The number of amides is 2. The van der Waals surface area contributed by atoms with E-state index in [4.69, 9.17) is 4.74 Å². The maximum atomic E-state index is 12.4. The van der Waals surface area contributed by atoms with Crippen molar-refractivity contribution in [3.63, 3.8) is 0 Å². The number of nitrogens with zero attached hydrogens (tertiary/aromatic N) is 1. The molecule has 136 valence electrons. The van der Waals surface area contributed by atoms with Gasteiger partial charge < -0.3 is 15.4 Å². The van der Waals surface area contributed by atoms with Crippen LogP contribution in [0.2, 0.25) is 0 Å². The van der Waals surface area contributed by atoms with Gasteiger partial charge in [-0.1, -0.05) is 31.0 Å². The van der Waals surface area contributed by atoms with Gasteiger partial charge in [-0.15, -0.1) is 0 Å². The van der Waals surface area contributed by atoms with Gasteiger partial charge in [-0.25, -0.2) is 4.98 Å². The molecule has 0 atom stereocenters. The second kappa shape index (κ2) is 8.99. The molecule has 2 amide bonds. The van der Waals surface area contributed by atoms with Crippen molar-refractivity contribution in [2.75, 3.05) is 6.54 Å². The number of para-hydroxylation sites is 1. The van der Waals surface area contributed by atoms with E-state index in [0.717, 1.165) is 12.8 Å². The Morgan fingerprint density at radius 2 is 1.85 bits per heavy atom. The van der Waals surface area contributed by atoms with Crippen molar-refractivity contribution < 1.29 is 14.3 Å². The number of nitrogens with one attached hydrogen (secondary N) is 2. The molecule has 1 aromatic carbocycles. The van der Waals surface area contributed by atoms with Gasteiger partial charge in [-0.2, -0.15) is 0 Å². The smallest absolute Gasteiger partial charge is 0.256 e. The highest BCUT2D eigenvalue weighted by molar-refractivity contribution is 5.96. The van der Waals surface area contributed by atoms with Crippen LogP contribution in [-0.2, 0) is 4.79 Å². The van der Waals surface area contributed by atoms with E-state index in [9.17, 15) is 9.59 Å². The predicted octanol–water partition coefficient (Wildman–Crippen LogP) is 3.05. The fourth-order valence-electron chi connectivity index (χ4n) is 3.00. The van der Waals surface area contributed by atoms with Gasteiger partial charge in [0, 0.05) is 25.2 Å². The minimum Gasteiger partial charge on any atom is -0.438 e. The van der Waals surface area contributed by atoms with Crippen molar-refractivity contribution in [2.45, 2.75) is 38.1 Å². The van der Waals surface area contributed by atoms with E-state index in [1.807, 2.05) is 18.2 Å². The van der Waals surface area contributed by atoms with Crippen LogP contribution >= 0.6 is 0 Å². The largest absolute Gasteiger partial charge is 0.438 e. The van der Waals surface area contributed by atoms with Gasteiger partial charge in [0.2, 0.25) is 11.8 Å². The van der Waals surface area contributed by atoms with E-state index >= 15 is 0 Å². The van der Waals surface area contributed by atoms with Crippen LogP contribution in [0.3, 0.4) is 0 Å². The highest BCUT2D eigenvalue weighted by Crippen LogP contribution is 2.22. The molecule has 0 bridgehead atoms. The van der Waals surface area contributed by atoms with Crippen molar-refractivity contribution in [3.05, 3.63) is 54.2 Å². The van der Waals surface area contributed by atoms with E-state index in [-0.39, 0.29) is 30.7 Å². The molecular formula is C20H23N3O3. The number of ether oxygens (including phenoxy) is 1. The summed E-state index contributed by atoms with van der Waals surface area (Å²) < 4.78 is 5.70. The van der Waals surface area contributed by atoms with Gasteiger partial charge in [0.15, 0.2) is 0 Å². The van der Waals surface area contributed by atoms with Crippen LogP contribution in [0, 0.1) is 0 Å². The lowest BCUT2D eigenvalue weighted by atomic mass is 10.2. The number of rotatable bonds is 7. The van der Waals surface area contributed by atoms with E-state index in [2.05, 4.69) is 15.6 Å². The lowest BCUT2D eigenvalue weighted by Gasteiger charge is -2.12. The monoisotopic (exact) mass is 353 g/mol. The van der Waals surface area contributed by atoms with Crippen LogP contribution in [0.4, 0.5) is 0 Å². The highest BCUT2D eigenvalue weighted by Gasteiger charge is 2.18. The quantitative estimate of drug-likeness (QED) is 0.802. The molecule has 2 N–H and O–H groups in total. The van der Waals surface area contributed by atoms with Crippen molar-refractivity contribution in [3.8, 4) is 11.6 Å². The fourth-order valence-corrected chi connectivity index (χ4v) is 3.00. The van der Waals surface area contributed by atoms with E-state index < -0.39 is 0 Å². The maximum absolute atomic E-state index is 12.4. The van der Waals surface area contributed by atoms with Crippen molar-refractivity contribution in [1.29, 1.82) is 0 Å². The van der Waals surface area contributed by atoms with E-state index in [1.54, 1.807) is 30.5 Å². The van der Waals surface area contributed by atoms with Crippen molar-refractivity contribution in [1.82, 2.24) is 15.6 Å². The summed E-state index contributed by atoms with van der Waals surface area (Å²) in [6.07, 6.45) is 6.28. The normalized spacial score (nSPS) is 14.0. The second-order valence-corrected chi connectivity index (χ2v) is 6.33. The topological polar surface area (TPSA) is 80.3 Å². The molecule has 0 aliphatic heterocycles. The molecule has 0 unspecified atom stereocenters. The Hall–Kier alpha value is -2.89. The average molecular weight is 353 g/mol. The summed E-state index contributed by atoms with van der Waals surface area (Å²) in [5.41, 5.74) is 0.340. The molecule has 0 spiro atoms. The van der Waals surface area contributed by atoms with Crippen LogP contribution in [0.25, 0.3) is 0 Å². The van der Waals surface area contributed by atoms with Crippen LogP contribution in [0.5, 0.6) is 11.6 Å². The first kappa shape index (κ1) is 17.9. The first-order valence-electron chi connectivity index (χ1n) is 8.98. The van der Waals surface area contributed by atoms with E-state index in [1.165, 1.54) is 12.8 Å². The Kier molecular flexibility index (Phi) is 6.19. The summed E-state index contributed by atoms with van der Waals surface area (Å²) in [6, 6.07) is 12.8. The summed E-state index contributed by atoms with van der Waals surface area (Å²) in [4.78, 5) is 28.5. The molecule has 26 heavy (non-hydrogen) atoms. The molecule has 1 saturated carbocycles. The third-order valence-electron chi connectivity index (χ3n) is 4.33. The Morgan fingerprint density at radius 1 is 1.08 bits per heavy atom. The SMILES string of the molecule is O=C(CCNC(=O)c1cccnc1Oc1ccccc1)NC1CCCC1. The first-order valence-corrected chi connectivity index (χ1v) is 8.98. The number of carbonyl (C=O) groups is 2. The average Bonchev–Trinajstić information content (AvgIpc) is 3.16. The zero-order chi connectivity index (χ0) is 18.2.